The van der Waals surface area contributed by atoms with Crippen LogP contribution in [-0.4, -0.2) is 212 Å². The van der Waals surface area contributed by atoms with Crippen LogP contribution in [0.15, 0.2) is 76.0 Å². The van der Waals surface area contributed by atoms with E-state index in [1.807, 2.05) is 7.05 Å². The van der Waals surface area contributed by atoms with Crippen molar-refractivity contribution in [3.63, 3.8) is 0 Å². The number of esters is 1. The number of likely N-dealkylation sites (N-methyl/N-ethyl adjacent to an activating group) is 2. The molecule has 26 heteroatoms. The Balaban J connectivity index is 0.000000277. The number of allylic oxidation sites excluding steroid dienone is 3. The van der Waals surface area contributed by atoms with Crippen molar-refractivity contribution in [3.05, 3.63) is 98.8 Å². The molecule has 7 aliphatic rings. The molecule has 10 rings (SSSR count). The first kappa shape index (κ1) is 69.4. The number of aliphatic hydroxyl groups excluding tert-OH is 4. The number of carbonyl (C=O) groups excluding carboxylic acids is 6. The van der Waals surface area contributed by atoms with Crippen LogP contribution in [0.25, 0.3) is 10.8 Å². The SMILES string of the molecule is CN(C)c1ccc(O)c2c1C[C@H]1C[C@H]3[C@H](N(C)C)C(O)=C(C(N)=O)C(=O)[C@@]3(O)C(O)=C1C2=O.CO[C@H]1/C=C/O[C@@]2(C)Oc3c(C)c(O)c4c(O)c(c(/C=N/N5CCN(C)CC5)c(O)c4c3C2=O)NC(=O)/C(C)=C\C=C\[C@H](C)[C@H](O)[C@@H](C)[C@@H](O)[C@@H](C)[C@H](OC(C)=O)[C@@H]1C. The third-order valence-electron chi connectivity index (χ3n) is 18.9. The van der Waals surface area contributed by atoms with E-state index in [4.69, 9.17) is 24.7 Å². The van der Waals surface area contributed by atoms with Crippen LogP contribution < -0.4 is 20.7 Å². The summed E-state index contributed by atoms with van der Waals surface area (Å²) >= 11 is 0. The second kappa shape index (κ2) is 26.6. The summed E-state index contributed by atoms with van der Waals surface area (Å²) in [5.41, 5.74) is 2.67. The summed E-state index contributed by atoms with van der Waals surface area (Å²) in [5, 5.41) is 111. The van der Waals surface area contributed by atoms with Gasteiger partial charge in [-0.1, -0.05) is 45.9 Å². The number of hydrogen-bond acceptors (Lipinski definition) is 24. The molecule has 0 radical (unpaired) electrons. The number of nitrogens with one attached hydrogen (secondary N) is 1. The fourth-order valence-electron chi connectivity index (χ4n) is 13.6. The molecule has 1 saturated heterocycles. The third kappa shape index (κ3) is 12.3. The van der Waals surface area contributed by atoms with Crippen LogP contribution in [0.5, 0.6) is 28.7 Å². The highest BCUT2D eigenvalue weighted by molar-refractivity contribution is 6.26. The summed E-state index contributed by atoms with van der Waals surface area (Å²) in [6.07, 6.45) is 5.18. The summed E-state index contributed by atoms with van der Waals surface area (Å²) in [4.78, 5) is 84.6. The lowest BCUT2D eigenvalue weighted by molar-refractivity contribution is -0.160. The number of hydrazone groups is 1. The van der Waals surface area contributed by atoms with Gasteiger partial charge in [-0.25, -0.2) is 0 Å². The number of phenolic OH excluding ortho intramolecular Hbond substituents is 4. The number of primary amides is 1. The molecular weight excluding hydrogens is 1190 g/mol. The van der Waals surface area contributed by atoms with Crippen LogP contribution in [0.4, 0.5) is 11.4 Å². The maximum Gasteiger partial charge on any atom is 0.312 e. The number of piperazine rings is 1. The zero-order valence-electron chi connectivity index (χ0n) is 54.1. The average Bonchev–Trinajstić information content (AvgIpc) is 0.951. The summed E-state index contributed by atoms with van der Waals surface area (Å²) < 4.78 is 23.6. The van der Waals surface area contributed by atoms with Gasteiger partial charge in [0.1, 0.15) is 46.2 Å². The molecule has 4 aliphatic heterocycles. The predicted octanol–water partition coefficient (Wildman–Crippen LogP) is 4.52. The molecule has 1 fully saturated rings. The van der Waals surface area contributed by atoms with Crippen molar-refractivity contribution in [2.45, 2.75) is 110 Å². The summed E-state index contributed by atoms with van der Waals surface area (Å²) in [6, 6.07) is 2.06. The van der Waals surface area contributed by atoms with Crippen LogP contribution in [0.1, 0.15) is 92.3 Å². The van der Waals surface area contributed by atoms with E-state index in [9.17, 15) is 74.7 Å². The van der Waals surface area contributed by atoms with Gasteiger partial charge in [0, 0.05) is 119 Å². The van der Waals surface area contributed by atoms with Gasteiger partial charge in [0.15, 0.2) is 17.1 Å². The minimum atomic E-state index is -2.63. The minimum Gasteiger partial charge on any atom is -0.510 e. The summed E-state index contributed by atoms with van der Waals surface area (Å²) in [6.45, 7) is 15.1. The number of ketones is 3. The Hall–Kier alpha value is -8.53. The van der Waals surface area contributed by atoms with E-state index < -0.39 is 147 Å². The first-order valence-corrected chi connectivity index (χ1v) is 30.3. The molecule has 26 nitrogen and oxygen atoms in total. The second-order valence-corrected chi connectivity index (χ2v) is 25.4. The van der Waals surface area contributed by atoms with Crippen molar-refractivity contribution in [1.29, 1.82) is 0 Å². The summed E-state index contributed by atoms with van der Waals surface area (Å²) in [7, 11) is 10.2. The average molecular weight is 1280 g/mol. The van der Waals surface area contributed by atoms with E-state index >= 15 is 0 Å². The predicted molar refractivity (Wildman–Crippen MR) is 338 cm³/mol. The monoisotopic (exact) mass is 1280 g/mol. The zero-order valence-corrected chi connectivity index (χ0v) is 54.1. The number of anilines is 2. The molecule has 12 N–H and O–H groups in total. The Labute approximate surface area is 532 Å². The third-order valence-corrected chi connectivity index (χ3v) is 18.9. The van der Waals surface area contributed by atoms with Crippen LogP contribution in [0, 0.1) is 42.4 Å². The Morgan fingerprint density at radius 3 is 2.11 bits per heavy atom. The number of methoxy groups -OCH3 is 1. The number of aromatic hydroxyl groups is 4. The summed E-state index contributed by atoms with van der Waals surface area (Å²) in [5.74, 6) is -14.9. The molecule has 3 aromatic carbocycles. The van der Waals surface area contributed by atoms with Crippen molar-refractivity contribution in [1.82, 2.24) is 14.8 Å². The Morgan fingerprint density at radius 1 is 0.859 bits per heavy atom. The standard InChI is InChI=1S/C43H58N4O12.C23H27N3O7/c1-21-12-11-13-22(2)42(55)45-33-28(20-44-47-17-15-46(9)16-18-47)37(52)30-31(38(33)53)36(51)26(6)40-32(30)41(54)43(8,59-40)57-19-14-29(56-10)23(3)39(58-27(7)48)25(5)35(50)24(4)34(21)49;1-25(2)12-5-6-13(27)15-10(12)7-9-8-11-17(26(3)4)19(29)16(22(24)32)21(31)23(11,33)20(30)14(9)18(15)28/h11-14,19-21,23-25,29,34-35,39,49-53H,15-18H2,1-10H3,(H,45,55);5-6,9,11,17,27,29-30,33H,7-8H2,1-4H3,(H2,24,32)/b12-11+,19-14+,22-13-,44-20+;/t21-,23+,24+,25+,29-,34-,35+,39+,43-;9-,11-,17-,23-/m00/s1. The quantitative estimate of drug-likeness (QED) is 0.0509. The highest BCUT2D eigenvalue weighted by Gasteiger charge is 2.63. The van der Waals surface area contributed by atoms with Crippen LogP contribution in [0.2, 0.25) is 0 Å². The maximum atomic E-state index is 14.4. The number of amides is 2. The minimum absolute atomic E-state index is 0.00184. The largest absolute Gasteiger partial charge is 0.510 e. The van der Waals surface area contributed by atoms with Gasteiger partial charge in [-0.2, -0.15) is 5.10 Å². The molecule has 4 heterocycles. The van der Waals surface area contributed by atoms with Crippen molar-refractivity contribution in [2.75, 3.05) is 78.7 Å². The van der Waals surface area contributed by atoms with E-state index in [-0.39, 0.29) is 74.2 Å². The number of nitrogens with zero attached hydrogens (tertiary/aromatic N) is 5. The van der Waals surface area contributed by atoms with E-state index in [1.165, 1.54) is 70.4 Å². The smallest absolute Gasteiger partial charge is 0.312 e. The fourth-order valence-corrected chi connectivity index (χ4v) is 13.6. The number of aliphatic hydroxyl groups is 5. The van der Waals surface area contributed by atoms with Crippen molar-refractivity contribution >= 4 is 63.5 Å². The van der Waals surface area contributed by atoms with E-state index in [0.29, 0.717) is 18.7 Å². The number of carbonyl (C=O) groups is 6. The first-order valence-electron chi connectivity index (χ1n) is 30.3. The maximum absolute atomic E-state index is 14.4. The van der Waals surface area contributed by atoms with Gasteiger partial charge < -0.3 is 85.8 Å². The number of ether oxygens (including phenoxy) is 4. The molecule has 0 aromatic heterocycles. The number of Topliss-reactive ketones (excluding diaryl/α,β-unsaturated/α-hetero) is 3. The number of nitrogens with two attached hydrogens (primary N) is 1. The lowest BCUT2D eigenvalue weighted by Gasteiger charge is -2.50. The topological polar surface area (TPSA) is 385 Å². The van der Waals surface area contributed by atoms with Gasteiger partial charge in [-0.05, 0) is 77.5 Å². The second-order valence-electron chi connectivity index (χ2n) is 25.4. The molecule has 498 valence electrons. The van der Waals surface area contributed by atoms with Crippen molar-refractivity contribution < 1.29 is 93.7 Å². The molecule has 3 aliphatic carbocycles. The number of fused-ring (bicyclic) bond motifs is 17. The number of benzene rings is 3. The van der Waals surface area contributed by atoms with Crippen LogP contribution in [0.3, 0.4) is 0 Å². The molecule has 0 spiro atoms. The van der Waals surface area contributed by atoms with Gasteiger partial charge in [-0.3, -0.25) is 38.7 Å². The van der Waals surface area contributed by atoms with Gasteiger partial charge in [0.05, 0.1) is 64.6 Å². The Kier molecular flexibility index (Phi) is 20.0. The van der Waals surface area contributed by atoms with Crippen molar-refractivity contribution in [3.8, 4) is 28.7 Å². The van der Waals surface area contributed by atoms with E-state index in [2.05, 4.69) is 15.3 Å². The Morgan fingerprint density at radius 2 is 1.51 bits per heavy atom. The lowest BCUT2D eigenvalue weighted by Crippen LogP contribution is -2.63. The fraction of sp³-hybridized carbons (Fsp3) is 0.500. The molecular formula is C66H85N7O19. The number of rotatable bonds is 7. The van der Waals surface area contributed by atoms with Gasteiger partial charge in [-0.15, -0.1) is 0 Å². The van der Waals surface area contributed by atoms with E-state index in [1.54, 1.807) is 84.0 Å². The van der Waals surface area contributed by atoms with Crippen molar-refractivity contribution in [2.24, 2.45) is 46.3 Å². The van der Waals surface area contributed by atoms with Crippen LogP contribution in [-0.2, 0) is 39.8 Å². The molecule has 2 amide bonds. The Bertz CT molecular complexity index is 3690. The molecule has 0 saturated carbocycles. The molecule has 92 heavy (non-hydrogen) atoms. The van der Waals surface area contributed by atoms with Crippen LogP contribution >= 0.6 is 0 Å². The zero-order chi connectivity index (χ0) is 68.2. The molecule has 3 aromatic rings. The normalized spacial score (nSPS) is 31.0. The first-order chi connectivity index (χ1) is 43.1. The lowest BCUT2D eigenvalue weighted by atomic mass is 9.58. The van der Waals surface area contributed by atoms with Gasteiger partial charge >= 0.3 is 11.8 Å². The molecule has 0 unspecified atom stereocenters. The number of hydrogen-bond donors (Lipinski definition) is 11. The highest BCUT2D eigenvalue weighted by Crippen LogP contribution is 2.56. The van der Waals surface area contributed by atoms with E-state index in [0.717, 1.165) is 18.8 Å². The highest BCUT2D eigenvalue weighted by atomic mass is 16.7. The molecule has 5 bridgehead atoms. The number of phenols is 4. The van der Waals surface area contributed by atoms with Gasteiger partial charge in [0.25, 0.3) is 17.6 Å². The molecule has 13 atom stereocenters. The van der Waals surface area contributed by atoms with Gasteiger partial charge in [0.2, 0.25) is 5.78 Å².